The van der Waals surface area contributed by atoms with E-state index < -0.39 is 22.5 Å². The summed E-state index contributed by atoms with van der Waals surface area (Å²) in [4.78, 5) is 55.9. The minimum atomic E-state index is -0.580. The zero-order valence-corrected chi connectivity index (χ0v) is 20.1. The average molecular weight is 493 g/mol. The largest absolute Gasteiger partial charge is 0.340 e. The molecule has 5 rings (SSSR count). The molecule has 0 spiro atoms. The van der Waals surface area contributed by atoms with Crippen molar-refractivity contribution in [2.24, 2.45) is 28.2 Å². The maximum absolute atomic E-state index is 13.7. The van der Waals surface area contributed by atoms with Gasteiger partial charge in [0.15, 0.2) is 0 Å². The highest BCUT2D eigenvalue weighted by atomic mass is 35.5. The third-order valence-corrected chi connectivity index (χ3v) is 6.53. The van der Waals surface area contributed by atoms with Gasteiger partial charge in [-0.3, -0.25) is 27.9 Å². The molecule has 0 saturated carbocycles. The van der Waals surface area contributed by atoms with E-state index >= 15 is 0 Å². The van der Waals surface area contributed by atoms with Gasteiger partial charge in [0.1, 0.15) is 11.5 Å². The van der Waals surface area contributed by atoms with Gasteiger partial charge in [-0.15, -0.1) is 0 Å². The average Bonchev–Trinajstić information content (AvgIpc) is 3.51. The summed E-state index contributed by atoms with van der Waals surface area (Å²) >= 11 is 6.10. The van der Waals surface area contributed by atoms with Crippen LogP contribution in [0.2, 0.25) is 5.02 Å². The topological polar surface area (TPSA) is 109 Å². The maximum atomic E-state index is 13.7. The molecule has 0 unspecified atom stereocenters. The minimum absolute atomic E-state index is 0.137. The number of rotatable bonds is 3. The Hall–Kier alpha value is -4.31. The Morgan fingerprint density at radius 3 is 1.91 bits per heavy atom. The second-order valence-corrected chi connectivity index (χ2v) is 8.74. The number of nitrogens with zero attached hydrogens (tertiary/aromatic N) is 5. The van der Waals surface area contributed by atoms with Crippen LogP contribution in [-0.4, -0.2) is 27.8 Å². The number of hydrogen-bond acceptors (Lipinski definition) is 4. The second-order valence-electron chi connectivity index (χ2n) is 8.31. The highest BCUT2D eigenvalue weighted by Crippen LogP contribution is 2.37. The molecule has 0 saturated heterocycles. The molecule has 35 heavy (non-hydrogen) atoms. The SMILES string of the molecule is Cn1c(-n2cccc2)c(-c2c(-c3ccc(Cl)cc3)[nH]c3c2c(=O)n(C)c(=O)n3C)c(=O)n(C)c1=O. The predicted octanol–water partition coefficient (Wildman–Crippen LogP) is 1.74. The zero-order valence-electron chi connectivity index (χ0n) is 19.4. The monoisotopic (exact) mass is 492 g/mol. The summed E-state index contributed by atoms with van der Waals surface area (Å²) in [6.45, 7) is 0. The molecule has 0 amide bonds. The highest BCUT2D eigenvalue weighted by Gasteiger charge is 2.28. The van der Waals surface area contributed by atoms with Crippen molar-refractivity contribution >= 4 is 22.6 Å². The Kier molecular flexibility index (Phi) is 5.06. The summed E-state index contributed by atoms with van der Waals surface area (Å²) in [5, 5.41) is 0.671. The lowest BCUT2D eigenvalue weighted by atomic mass is 10.00. The van der Waals surface area contributed by atoms with E-state index in [0.717, 1.165) is 9.13 Å². The lowest BCUT2D eigenvalue weighted by molar-refractivity contribution is 0.668. The molecule has 0 aliphatic rings. The van der Waals surface area contributed by atoms with Crippen molar-refractivity contribution in [1.82, 2.24) is 27.8 Å². The van der Waals surface area contributed by atoms with E-state index in [-0.39, 0.29) is 22.4 Å². The van der Waals surface area contributed by atoms with E-state index in [0.29, 0.717) is 21.8 Å². The Labute approximate surface area is 202 Å². The van der Waals surface area contributed by atoms with Crippen molar-refractivity contribution in [3.05, 3.63) is 95.5 Å². The fourth-order valence-electron chi connectivity index (χ4n) is 4.44. The molecule has 0 aliphatic carbocycles. The molecular weight excluding hydrogens is 472 g/mol. The van der Waals surface area contributed by atoms with Crippen LogP contribution in [0.5, 0.6) is 0 Å². The zero-order chi connectivity index (χ0) is 25.2. The van der Waals surface area contributed by atoms with Crippen LogP contribution in [0.3, 0.4) is 0 Å². The normalized spacial score (nSPS) is 11.5. The Balaban J connectivity index is 2.10. The molecule has 4 heterocycles. The fraction of sp³-hybridized carbons (Fsp3) is 0.167. The predicted molar refractivity (Wildman–Crippen MR) is 134 cm³/mol. The first-order valence-electron chi connectivity index (χ1n) is 10.6. The van der Waals surface area contributed by atoms with Crippen molar-refractivity contribution in [3.63, 3.8) is 0 Å². The lowest BCUT2D eigenvalue weighted by Gasteiger charge is -2.17. The Morgan fingerprint density at radius 2 is 1.29 bits per heavy atom. The number of aromatic nitrogens is 6. The third-order valence-electron chi connectivity index (χ3n) is 6.27. The maximum Gasteiger partial charge on any atom is 0.332 e. The van der Waals surface area contributed by atoms with Gasteiger partial charge in [0.05, 0.1) is 16.6 Å². The quantitative estimate of drug-likeness (QED) is 0.414. The smallest absolute Gasteiger partial charge is 0.332 e. The van der Waals surface area contributed by atoms with Crippen LogP contribution in [0.4, 0.5) is 0 Å². The summed E-state index contributed by atoms with van der Waals surface area (Å²) in [5.74, 6) is 0.287. The van der Waals surface area contributed by atoms with Gasteiger partial charge >= 0.3 is 11.4 Å². The van der Waals surface area contributed by atoms with E-state index in [1.807, 2.05) is 0 Å². The summed E-state index contributed by atoms with van der Waals surface area (Å²) in [7, 11) is 5.87. The molecule has 0 radical (unpaired) electrons. The first-order valence-corrected chi connectivity index (χ1v) is 11.0. The summed E-state index contributed by atoms with van der Waals surface area (Å²) in [6, 6.07) is 10.4. The molecule has 5 aromatic rings. The van der Waals surface area contributed by atoms with Crippen molar-refractivity contribution in [2.75, 3.05) is 0 Å². The standard InChI is InChI=1S/C24H21ClN6O4/c1-27-19-16(21(32)29(3)23(27)34)15(18(26-19)13-7-9-14(25)10-8-13)17-20(31-11-5-6-12-31)28(2)24(35)30(4)22(17)33/h5-12,26H,1-4H3. The van der Waals surface area contributed by atoms with Crippen LogP contribution in [0.15, 0.2) is 68.0 Å². The van der Waals surface area contributed by atoms with Crippen LogP contribution in [0, 0.1) is 0 Å². The number of H-pyrrole nitrogens is 1. The molecule has 4 aromatic heterocycles. The van der Waals surface area contributed by atoms with Crippen LogP contribution in [0.25, 0.3) is 39.2 Å². The van der Waals surface area contributed by atoms with Crippen molar-refractivity contribution < 1.29 is 0 Å². The molecular formula is C24H21ClN6O4. The number of fused-ring (bicyclic) bond motifs is 1. The minimum Gasteiger partial charge on any atom is -0.340 e. The van der Waals surface area contributed by atoms with Gasteiger partial charge in [-0.2, -0.15) is 0 Å². The van der Waals surface area contributed by atoms with Crippen molar-refractivity contribution in [2.45, 2.75) is 0 Å². The van der Waals surface area contributed by atoms with Gasteiger partial charge in [-0.1, -0.05) is 23.7 Å². The van der Waals surface area contributed by atoms with Gasteiger partial charge in [-0.05, 0) is 29.8 Å². The first kappa shape index (κ1) is 22.5. The van der Waals surface area contributed by atoms with E-state index in [9.17, 15) is 19.2 Å². The summed E-state index contributed by atoms with van der Waals surface area (Å²) < 4.78 is 6.32. The number of aryl methyl sites for hydroxylation is 1. The number of aromatic amines is 1. The number of nitrogens with one attached hydrogen (secondary N) is 1. The van der Waals surface area contributed by atoms with Gasteiger partial charge in [0, 0.05) is 51.2 Å². The van der Waals surface area contributed by atoms with E-state index in [1.165, 1.54) is 23.2 Å². The first-order chi connectivity index (χ1) is 16.6. The van der Waals surface area contributed by atoms with Crippen LogP contribution in [0.1, 0.15) is 0 Å². The molecule has 178 valence electrons. The van der Waals surface area contributed by atoms with E-state index in [2.05, 4.69) is 4.98 Å². The van der Waals surface area contributed by atoms with Gasteiger partial charge in [0.2, 0.25) is 0 Å². The van der Waals surface area contributed by atoms with Crippen LogP contribution in [-0.2, 0) is 28.2 Å². The van der Waals surface area contributed by atoms with Crippen molar-refractivity contribution in [1.29, 1.82) is 0 Å². The van der Waals surface area contributed by atoms with E-state index in [4.69, 9.17) is 11.6 Å². The van der Waals surface area contributed by atoms with Gasteiger partial charge < -0.3 is 9.55 Å². The molecule has 0 bridgehead atoms. The molecule has 0 aliphatic heterocycles. The molecule has 11 heteroatoms. The third kappa shape index (κ3) is 3.17. The fourth-order valence-corrected chi connectivity index (χ4v) is 4.56. The van der Waals surface area contributed by atoms with Crippen molar-refractivity contribution in [3.8, 4) is 28.2 Å². The molecule has 0 fully saturated rings. The highest BCUT2D eigenvalue weighted by molar-refractivity contribution is 6.30. The summed E-state index contributed by atoms with van der Waals surface area (Å²) in [6.07, 6.45) is 3.42. The second kappa shape index (κ2) is 7.88. The molecule has 1 aromatic carbocycles. The van der Waals surface area contributed by atoms with Gasteiger partial charge in [-0.25, -0.2) is 9.59 Å². The summed E-state index contributed by atoms with van der Waals surface area (Å²) in [5.41, 5.74) is -0.410. The molecule has 10 nitrogen and oxygen atoms in total. The number of benzene rings is 1. The lowest BCUT2D eigenvalue weighted by Crippen LogP contribution is -2.40. The number of halogens is 1. The molecule has 1 N–H and O–H groups in total. The van der Waals surface area contributed by atoms with Crippen LogP contribution < -0.4 is 22.5 Å². The van der Waals surface area contributed by atoms with E-state index in [1.54, 1.807) is 67.5 Å². The Bertz CT molecular complexity index is 1870. The van der Waals surface area contributed by atoms with Crippen LogP contribution >= 0.6 is 11.6 Å². The number of hydrogen-bond donors (Lipinski definition) is 1. The Morgan fingerprint density at radius 1 is 0.714 bits per heavy atom. The van der Waals surface area contributed by atoms with Gasteiger partial charge in [0.25, 0.3) is 11.1 Å². The molecule has 0 atom stereocenters.